The molecule has 1 unspecified atom stereocenters. The van der Waals surface area contributed by atoms with Crippen molar-refractivity contribution in [2.75, 3.05) is 20.1 Å². The van der Waals surface area contributed by atoms with Crippen molar-refractivity contribution in [1.29, 1.82) is 0 Å². The Kier molecular flexibility index (Phi) is 6.11. The van der Waals surface area contributed by atoms with E-state index in [1.54, 1.807) is 53.2 Å². The highest BCUT2D eigenvalue weighted by Gasteiger charge is 2.30. The molecule has 0 radical (unpaired) electrons. The summed E-state index contributed by atoms with van der Waals surface area (Å²) in [7, 11) is 1.74. The zero-order valence-electron chi connectivity index (χ0n) is 15.2. The van der Waals surface area contributed by atoms with Crippen LogP contribution in [0.1, 0.15) is 28.8 Å². The Labute approximate surface area is 163 Å². The molecule has 6 heteroatoms. The molecule has 142 valence electrons. The van der Waals surface area contributed by atoms with Crippen LogP contribution >= 0.6 is 11.6 Å². The molecule has 2 aromatic rings. The molecule has 0 spiro atoms. The van der Waals surface area contributed by atoms with Gasteiger partial charge >= 0.3 is 0 Å². The highest BCUT2D eigenvalue weighted by atomic mass is 35.5. The van der Waals surface area contributed by atoms with Gasteiger partial charge in [-0.05, 0) is 54.8 Å². The monoisotopic (exact) mass is 388 g/mol. The second-order valence-electron chi connectivity index (χ2n) is 6.92. The van der Waals surface area contributed by atoms with E-state index in [0.29, 0.717) is 30.2 Å². The van der Waals surface area contributed by atoms with Crippen LogP contribution in [-0.2, 0) is 11.3 Å². The van der Waals surface area contributed by atoms with Crippen LogP contribution in [0.2, 0.25) is 5.02 Å². The summed E-state index contributed by atoms with van der Waals surface area (Å²) in [5, 5.41) is 0.584. The number of carbonyl (C=O) groups is 2. The normalized spacial score (nSPS) is 16.9. The summed E-state index contributed by atoms with van der Waals surface area (Å²) in [6.07, 6.45) is 1.55. The third-order valence-electron chi connectivity index (χ3n) is 4.86. The Bertz CT molecular complexity index is 808. The van der Waals surface area contributed by atoms with E-state index < -0.39 is 0 Å². The lowest BCUT2D eigenvalue weighted by molar-refractivity contribution is -0.136. The lowest BCUT2D eigenvalue weighted by Gasteiger charge is -2.34. The first-order chi connectivity index (χ1) is 12.9. The maximum Gasteiger partial charge on any atom is 0.253 e. The van der Waals surface area contributed by atoms with E-state index in [2.05, 4.69) is 0 Å². The van der Waals surface area contributed by atoms with E-state index in [1.807, 2.05) is 0 Å². The number of hydrogen-bond acceptors (Lipinski definition) is 2. The van der Waals surface area contributed by atoms with E-state index in [1.165, 1.54) is 12.1 Å². The minimum atomic E-state index is -0.295. The standard InChI is InChI=1S/C21H22ClFN2O2/c1-24(13-15-4-10-19(23)11-5-15)20(26)17-3-2-12-25(14-17)21(27)16-6-8-18(22)9-7-16/h4-11,17H,2-3,12-14H2,1H3. The molecule has 0 bridgehead atoms. The van der Waals surface area contributed by atoms with Crippen molar-refractivity contribution in [1.82, 2.24) is 9.80 Å². The van der Waals surface area contributed by atoms with Gasteiger partial charge < -0.3 is 9.80 Å². The highest BCUT2D eigenvalue weighted by Crippen LogP contribution is 2.22. The zero-order chi connectivity index (χ0) is 19.4. The van der Waals surface area contributed by atoms with Crippen molar-refractivity contribution in [3.05, 3.63) is 70.5 Å². The first-order valence-corrected chi connectivity index (χ1v) is 9.36. The quantitative estimate of drug-likeness (QED) is 0.794. The number of amides is 2. The van der Waals surface area contributed by atoms with Gasteiger partial charge in [0, 0.05) is 37.3 Å². The van der Waals surface area contributed by atoms with Gasteiger partial charge in [0.15, 0.2) is 0 Å². The van der Waals surface area contributed by atoms with Crippen LogP contribution in [0.25, 0.3) is 0 Å². The van der Waals surface area contributed by atoms with Crippen LogP contribution in [-0.4, -0.2) is 41.8 Å². The average Bonchev–Trinajstić information content (AvgIpc) is 2.69. The van der Waals surface area contributed by atoms with Gasteiger partial charge in [-0.25, -0.2) is 4.39 Å². The molecule has 3 rings (SSSR count). The largest absolute Gasteiger partial charge is 0.341 e. The van der Waals surface area contributed by atoms with Gasteiger partial charge in [-0.1, -0.05) is 23.7 Å². The zero-order valence-corrected chi connectivity index (χ0v) is 16.0. The molecular weight excluding hydrogens is 367 g/mol. The maximum atomic E-state index is 13.0. The number of likely N-dealkylation sites (tertiary alicyclic amines) is 1. The number of nitrogens with zero attached hydrogens (tertiary/aromatic N) is 2. The fourth-order valence-corrected chi connectivity index (χ4v) is 3.52. The number of carbonyl (C=O) groups excluding carboxylic acids is 2. The first-order valence-electron chi connectivity index (χ1n) is 8.98. The minimum Gasteiger partial charge on any atom is -0.341 e. The Hall–Kier alpha value is -2.40. The molecule has 1 heterocycles. The van der Waals surface area contributed by atoms with Crippen molar-refractivity contribution < 1.29 is 14.0 Å². The second kappa shape index (κ2) is 8.53. The van der Waals surface area contributed by atoms with E-state index >= 15 is 0 Å². The summed E-state index contributed by atoms with van der Waals surface area (Å²) < 4.78 is 13.0. The Morgan fingerprint density at radius 2 is 1.81 bits per heavy atom. The summed E-state index contributed by atoms with van der Waals surface area (Å²) in [5.74, 6) is -0.588. The van der Waals surface area contributed by atoms with Gasteiger partial charge in [0.05, 0.1) is 5.92 Å². The Morgan fingerprint density at radius 1 is 1.15 bits per heavy atom. The molecule has 27 heavy (non-hydrogen) atoms. The molecule has 1 atom stereocenters. The molecule has 1 aliphatic rings. The third-order valence-corrected chi connectivity index (χ3v) is 5.11. The molecule has 2 aromatic carbocycles. The van der Waals surface area contributed by atoms with Crippen LogP contribution in [0, 0.1) is 11.7 Å². The SMILES string of the molecule is CN(Cc1ccc(F)cc1)C(=O)C1CCCN(C(=O)c2ccc(Cl)cc2)C1. The summed E-state index contributed by atoms with van der Waals surface area (Å²) in [4.78, 5) is 28.9. The molecule has 1 saturated heterocycles. The second-order valence-corrected chi connectivity index (χ2v) is 7.35. The molecule has 1 fully saturated rings. The molecule has 1 aliphatic heterocycles. The fourth-order valence-electron chi connectivity index (χ4n) is 3.39. The van der Waals surface area contributed by atoms with Crippen LogP contribution in [0.5, 0.6) is 0 Å². The number of rotatable bonds is 4. The van der Waals surface area contributed by atoms with E-state index in [-0.39, 0.29) is 23.5 Å². The van der Waals surface area contributed by atoms with Gasteiger partial charge in [-0.3, -0.25) is 9.59 Å². The van der Waals surface area contributed by atoms with Gasteiger partial charge in [0.2, 0.25) is 5.91 Å². The predicted octanol–water partition coefficient (Wildman–Crippen LogP) is 3.99. The first kappa shape index (κ1) is 19.4. The molecule has 0 aliphatic carbocycles. The number of hydrogen-bond donors (Lipinski definition) is 0. The summed E-state index contributed by atoms with van der Waals surface area (Å²) in [6, 6.07) is 12.9. The molecule has 0 aromatic heterocycles. The average molecular weight is 389 g/mol. The van der Waals surface area contributed by atoms with Crippen molar-refractivity contribution in [2.24, 2.45) is 5.92 Å². The van der Waals surface area contributed by atoms with E-state index in [0.717, 1.165) is 18.4 Å². The van der Waals surface area contributed by atoms with Crippen molar-refractivity contribution in [2.45, 2.75) is 19.4 Å². The fraction of sp³-hybridized carbons (Fsp3) is 0.333. The Morgan fingerprint density at radius 3 is 2.48 bits per heavy atom. The van der Waals surface area contributed by atoms with E-state index in [4.69, 9.17) is 11.6 Å². The van der Waals surface area contributed by atoms with Crippen LogP contribution < -0.4 is 0 Å². The molecule has 4 nitrogen and oxygen atoms in total. The third kappa shape index (κ3) is 4.86. The summed E-state index contributed by atoms with van der Waals surface area (Å²) in [6.45, 7) is 1.47. The van der Waals surface area contributed by atoms with Gasteiger partial charge in [-0.15, -0.1) is 0 Å². The molecule has 2 amide bonds. The van der Waals surface area contributed by atoms with Crippen molar-refractivity contribution in [3.8, 4) is 0 Å². The van der Waals surface area contributed by atoms with Crippen LogP contribution in [0.15, 0.2) is 48.5 Å². The summed E-state index contributed by atoms with van der Waals surface area (Å²) >= 11 is 5.88. The lowest BCUT2D eigenvalue weighted by atomic mass is 9.95. The van der Waals surface area contributed by atoms with E-state index in [9.17, 15) is 14.0 Å². The highest BCUT2D eigenvalue weighted by molar-refractivity contribution is 6.30. The van der Waals surface area contributed by atoms with Gasteiger partial charge in [-0.2, -0.15) is 0 Å². The van der Waals surface area contributed by atoms with Crippen LogP contribution in [0.3, 0.4) is 0 Å². The van der Waals surface area contributed by atoms with Crippen LogP contribution in [0.4, 0.5) is 4.39 Å². The molecular formula is C21H22ClFN2O2. The smallest absolute Gasteiger partial charge is 0.253 e. The molecule has 0 N–H and O–H groups in total. The number of halogens is 2. The Balaban J connectivity index is 1.62. The summed E-state index contributed by atoms with van der Waals surface area (Å²) in [5.41, 5.74) is 1.45. The lowest BCUT2D eigenvalue weighted by Crippen LogP contribution is -2.45. The van der Waals surface area contributed by atoms with Crippen molar-refractivity contribution >= 4 is 23.4 Å². The minimum absolute atomic E-state index is 0.00734. The van der Waals surface area contributed by atoms with Gasteiger partial charge in [0.25, 0.3) is 5.91 Å². The molecule has 0 saturated carbocycles. The topological polar surface area (TPSA) is 40.6 Å². The van der Waals surface area contributed by atoms with Crippen molar-refractivity contribution in [3.63, 3.8) is 0 Å². The number of benzene rings is 2. The van der Waals surface area contributed by atoms with Gasteiger partial charge in [0.1, 0.15) is 5.82 Å². The number of piperidine rings is 1. The predicted molar refractivity (Wildman–Crippen MR) is 103 cm³/mol. The maximum absolute atomic E-state index is 13.0.